The average Bonchev–Trinajstić information content (AvgIpc) is 3.16. The first kappa shape index (κ1) is 24.5. The second-order valence-corrected chi connectivity index (χ2v) is 9.45. The molecule has 3 aromatic rings. The van der Waals surface area contributed by atoms with Crippen LogP contribution in [0.2, 0.25) is 0 Å². The highest BCUT2D eigenvalue weighted by Crippen LogP contribution is 2.27. The lowest BCUT2D eigenvalue weighted by Crippen LogP contribution is -2.54. The lowest BCUT2D eigenvalue weighted by molar-refractivity contribution is -0.114. The van der Waals surface area contributed by atoms with Crippen LogP contribution in [-0.4, -0.2) is 42.6 Å². The molecule has 0 unspecified atom stereocenters. The number of amides is 2. The summed E-state index contributed by atoms with van der Waals surface area (Å²) in [5.41, 5.74) is 2.72. The van der Waals surface area contributed by atoms with Crippen molar-refractivity contribution in [1.29, 1.82) is 0 Å². The monoisotopic (exact) mass is 494 g/mol. The zero-order valence-electron chi connectivity index (χ0n) is 20.3. The van der Waals surface area contributed by atoms with Crippen LogP contribution in [0.15, 0.2) is 48.5 Å². The number of nitrogens with one attached hydrogen (secondary N) is 2. The summed E-state index contributed by atoms with van der Waals surface area (Å²) < 4.78 is 11.6. The van der Waals surface area contributed by atoms with Gasteiger partial charge in [0, 0.05) is 12.6 Å². The van der Waals surface area contributed by atoms with Gasteiger partial charge in [0.1, 0.15) is 22.5 Å². The molecule has 2 N–H and O–H groups in total. The largest absolute Gasteiger partial charge is 0.494 e. The Hall–Kier alpha value is -3.59. The van der Waals surface area contributed by atoms with Crippen LogP contribution < -0.4 is 25.0 Å². The third kappa shape index (κ3) is 6.10. The van der Waals surface area contributed by atoms with Crippen molar-refractivity contribution in [3.8, 4) is 11.5 Å². The molecule has 0 aliphatic carbocycles. The Morgan fingerprint density at radius 1 is 1.11 bits per heavy atom. The third-order valence-electron chi connectivity index (χ3n) is 5.68. The first-order valence-electron chi connectivity index (χ1n) is 11.6. The number of anilines is 2. The molecule has 8 nitrogen and oxygen atoms in total. The summed E-state index contributed by atoms with van der Waals surface area (Å²) in [5, 5.41) is 6.05. The van der Waals surface area contributed by atoms with Crippen LogP contribution in [0.25, 0.3) is 0 Å². The van der Waals surface area contributed by atoms with Gasteiger partial charge in [-0.05, 0) is 62.7 Å². The van der Waals surface area contributed by atoms with Gasteiger partial charge in [-0.15, -0.1) is 0 Å². The van der Waals surface area contributed by atoms with E-state index in [1.807, 2.05) is 50.2 Å². The van der Waals surface area contributed by atoms with Gasteiger partial charge < -0.3 is 25.0 Å². The van der Waals surface area contributed by atoms with Gasteiger partial charge in [0.2, 0.25) is 5.91 Å². The van der Waals surface area contributed by atoms with Crippen molar-refractivity contribution in [2.45, 2.75) is 39.8 Å². The van der Waals surface area contributed by atoms with E-state index >= 15 is 0 Å². The lowest BCUT2D eigenvalue weighted by atomic mass is 10.1. The minimum atomic E-state index is -0.216. The van der Waals surface area contributed by atoms with E-state index in [0.717, 1.165) is 35.8 Å². The first-order chi connectivity index (χ1) is 16.8. The maximum Gasteiger partial charge on any atom is 0.263 e. The standard InChI is InChI=1S/C26H30N4O4S/c1-5-33-21-12-8-20(9-13-21)30-14-23(15-30)34-22-10-6-19(7-11-22)16(2)27-25(32)24-17(3)28-26(35-24)29-18(4)31/h6-13,16,23H,5,14-15H2,1-4H3,(H,27,32)(H,28,29,31)/t16-/m0/s1. The highest BCUT2D eigenvalue weighted by molar-refractivity contribution is 7.17. The quantitative estimate of drug-likeness (QED) is 0.453. The Labute approximate surface area is 209 Å². The fraction of sp³-hybridized carbons (Fsp3) is 0.346. The van der Waals surface area contributed by atoms with Gasteiger partial charge in [-0.3, -0.25) is 9.59 Å². The SMILES string of the molecule is CCOc1ccc(N2CC(Oc3ccc([C@H](C)NC(=O)c4sc(NC(C)=O)nc4C)cc3)C2)cc1. The molecule has 2 heterocycles. The number of thiazole rings is 1. The molecule has 35 heavy (non-hydrogen) atoms. The van der Waals surface area contributed by atoms with Crippen molar-refractivity contribution < 1.29 is 19.1 Å². The molecule has 1 aliphatic heterocycles. The molecule has 4 rings (SSSR count). The predicted molar refractivity (Wildman–Crippen MR) is 138 cm³/mol. The normalized spacial score (nSPS) is 14.1. The molecule has 1 fully saturated rings. The summed E-state index contributed by atoms with van der Waals surface area (Å²) in [7, 11) is 0. The summed E-state index contributed by atoms with van der Waals surface area (Å²) in [6.07, 6.45) is 0.136. The molecule has 2 amide bonds. The number of aryl methyl sites for hydroxylation is 1. The number of carbonyl (C=O) groups is 2. The van der Waals surface area contributed by atoms with Crippen molar-refractivity contribution in [2.24, 2.45) is 0 Å². The molecule has 0 saturated carbocycles. The number of rotatable bonds is 9. The van der Waals surface area contributed by atoms with Crippen molar-refractivity contribution in [3.63, 3.8) is 0 Å². The Morgan fingerprint density at radius 2 is 1.77 bits per heavy atom. The predicted octanol–water partition coefficient (Wildman–Crippen LogP) is 4.57. The first-order valence-corrected chi connectivity index (χ1v) is 12.4. The summed E-state index contributed by atoms with van der Waals surface area (Å²) >= 11 is 1.17. The molecule has 0 spiro atoms. The molecule has 2 aromatic carbocycles. The number of aromatic nitrogens is 1. The molecule has 1 aromatic heterocycles. The summed E-state index contributed by atoms with van der Waals surface area (Å²) in [4.78, 5) is 30.9. The van der Waals surface area contributed by atoms with E-state index in [-0.39, 0.29) is 24.0 Å². The zero-order chi connectivity index (χ0) is 24.9. The minimum Gasteiger partial charge on any atom is -0.494 e. The van der Waals surface area contributed by atoms with Crippen LogP contribution >= 0.6 is 11.3 Å². The molecular weight excluding hydrogens is 464 g/mol. The van der Waals surface area contributed by atoms with Crippen molar-refractivity contribution in [1.82, 2.24) is 10.3 Å². The number of ether oxygens (including phenoxy) is 2. The van der Waals surface area contributed by atoms with Crippen LogP contribution in [0.4, 0.5) is 10.8 Å². The van der Waals surface area contributed by atoms with Gasteiger partial charge in [0.15, 0.2) is 5.13 Å². The van der Waals surface area contributed by atoms with Crippen LogP contribution in [0.5, 0.6) is 11.5 Å². The number of hydrogen-bond acceptors (Lipinski definition) is 7. The Bertz CT molecular complexity index is 1170. The maximum atomic E-state index is 12.7. The van der Waals surface area contributed by atoms with Crippen LogP contribution in [0, 0.1) is 6.92 Å². The van der Waals surface area contributed by atoms with Crippen molar-refractivity contribution >= 4 is 34.0 Å². The molecule has 184 valence electrons. The second kappa shape index (κ2) is 10.8. The number of nitrogens with zero attached hydrogens (tertiary/aromatic N) is 2. The lowest BCUT2D eigenvalue weighted by Gasteiger charge is -2.40. The number of carbonyl (C=O) groups excluding carboxylic acids is 2. The van der Waals surface area contributed by atoms with Crippen LogP contribution in [0.3, 0.4) is 0 Å². The topological polar surface area (TPSA) is 92.8 Å². The van der Waals surface area contributed by atoms with E-state index in [0.29, 0.717) is 22.3 Å². The summed E-state index contributed by atoms with van der Waals surface area (Å²) in [5.74, 6) is 1.26. The van der Waals surface area contributed by atoms with Gasteiger partial charge in [0.05, 0.1) is 31.4 Å². The average molecular weight is 495 g/mol. The van der Waals surface area contributed by atoms with E-state index in [1.54, 1.807) is 6.92 Å². The van der Waals surface area contributed by atoms with E-state index in [4.69, 9.17) is 9.47 Å². The molecule has 0 bridgehead atoms. The molecule has 1 atom stereocenters. The minimum absolute atomic E-state index is 0.136. The second-order valence-electron chi connectivity index (χ2n) is 8.45. The van der Waals surface area contributed by atoms with E-state index in [1.165, 1.54) is 18.3 Å². The summed E-state index contributed by atoms with van der Waals surface area (Å²) in [6, 6.07) is 15.7. The summed E-state index contributed by atoms with van der Waals surface area (Å²) in [6.45, 7) is 9.40. The van der Waals surface area contributed by atoms with Gasteiger partial charge in [0.25, 0.3) is 5.91 Å². The number of hydrogen-bond donors (Lipinski definition) is 2. The Kier molecular flexibility index (Phi) is 7.55. The molecular formula is C26H30N4O4S. The molecule has 9 heteroatoms. The third-order valence-corrected chi connectivity index (χ3v) is 6.75. The van der Waals surface area contributed by atoms with Crippen molar-refractivity contribution in [3.05, 3.63) is 64.7 Å². The molecule has 1 saturated heterocycles. The van der Waals surface area contributed by atoms with E-state index in [9.17, 15) is 9.59 Å². The van der Waals surface area contributed by atoms with E-state index in [2.05, 4.69) is 32.7 Å². The zero-order valence-corrected chi connectivity index (χ0v) is 21.1. The van der Waals surface area contributed by atoms with Gasteiger partial charge in [-0.1, -0.05) is 23.5 Å². The highest BCUT2D eigenvalue weighted by atomic mass is 32.1. The van der Waals surface area contributed by atoms with Gasteiger partial charge >= 0.3 is 0 Å². The fourth-order valence-electron chi connectivity index (χ4n) is 3.83. The smallest absolute Gasteiger partial charge is 0.263 e. The van der Waals surface area contributed by atoms with Crippen LogP contribution in [0.1, 0.15) is 47.7 Å². The maximum absolute atomic E-state index is 12.7. The Balaban J connectivity index is 1.27. The Morgan fingerprint density at radius 3 is 2.40 bits per heavy atom. The highest BCUT2D eigenvalue weighted by Gasteiger charge is 2.28. The van der Waals surface area contributed by atoms with Crippen molar-refractivity contribution in [2.75, 3.05) is 29.9 Å². The van der Waals surface area contributed by atoms with Gasteiger partial charge in [-0.2, -0.15) is 0 Å². The van der Waals surface area contributed by atoms with Gasteiger partial charge in [-0.25, -0.2) is 4.98 Å². The molecule has 0 radical (unpaired) electrons. The number of benzene rings is 2. The molecule has 1 aliphatic rings. The fourth-order valence-corrected chi connectivity index (χ4v) is 4.74. The van der Waals surface area contributed by atoms with E-state index < -0.39 is 0 Å². The van der Waals surface area contributed by atoms with Crippen LogP contribution in [-0.2, 0) is 4.79 Å².